The second-order valence-electron chi connectivity index (χ2n) is 7.11. The van der Waals surface area contributed by atoms with Gasteiger partial charge in [0.2, 0.25) is 5.91 Å². The topological polar surface area (TPSA) is 67.6 Å². The smallest absolute Gasteiger partial charge is 0.240 e. The van der Waals surface area contributed by atoms with E-state index in [1.807, 2.05) is 24.3 Å². The fourth-order valence-electron chi connectivity index (χ4n) is 3.85. The molecule has 1 aromatic carbocycles. The Morgan fingerprint density at radius 2 is 1.81 bits per heavy atom. The average Bonchev–Trinajstić information content (AvgIpc) is 2.64. The third kappa shape index (κ3) is 6.21. The summed E-state index contributed by atoms with van der Waals surface area (Å²) in [6.07, 6.45) is 4.77. The SMILES string of the molecule is Cl.Cl.NC1(C(=O)NCC(c2ccccc2Cl)N2CCOCC2)CCCCC1. The Hall–Kier alpha value is -0.560. The molecular weight excluding hydrogens is 409 g/mol. The highest BCUT2D eigenvalue weighted by atomic mass is 35.5. The van der Waals surface area contributed by atoms with Gasteiger partial charge in [-0.3, -0.25) is 9.69 Å². The van der Waals surface area contributed by atoms with Crippen molar-refractivity contribution < 1.29 is 9.53 Å². The molecule has 154 valence electrons. The molecule has 0 spiro atoms. The lowest BCUT2D eigenvalue weighted by molar-refractivity contribution is -0.127. The van der Waals surface area contributed by atoms with Crippen LogP contribution in [0.15, 0.2) is 24.3 Å². The van der Waals surface area contributed by atoms with Gasteiger partial charge in [0.25, 0.3) is 0 Å². The van der Waals surface area contributed by atoms with Crippen LogP contribution in [-0.4, -0.2) is 49.2 Å². The van der Waals surface area contributed by atoms with Gasteiger partial charge in [-0.2, -0.15) is 0 Å². The van der Waals surface area contributed by atoms with Crippen LogP contribution >= 0.6 is 36.4 Å². The number of carbonyl (C=O) groups is 1. The van der Waals surface area contributed by atoms with Gasteiger partial charge in [-0.1, -0.05) is 49.1 Å². The molecular formula is C19H30Cl3N3O2. The summed E-state index contributed by atoms with van der Waals surface area (Å²) in [7, 11) is 0. The fraction of sp³-hybridized carbons (Fsp3) is 0.632. The number of rotatable bonds is 5. The molecule has 3 N–H and O–H groups in total. The summed E-state index contributed by atoms with van der Waals surface area (Å²) >= 11 is 6.43. The summed E-state index contributed by atoms with van der Waals surface area (Å²) in [6, 6.07) is 7.89. The Kier molecular flexibility index (Phi) is 10.4. The first kappa shape index (κ1) is 24.5. The number of halogens is 3. The minimum Gasteiger partial charge on any atom is -0.379 e. The van der Waals surface area contributed by atoms with Gasteiger partial charge in [0.1, 0.15) is 0 Å². The number of hydrogen-bond donors (Lipinski definition) is 2. The molecule has 0 aromatic heterocycles. The molecule has 0 bridgehead atoms. The van der Waals surface area contributed by atoms with Crippen LogP contribution < -0.4 is 11.1 Å². The number of nitrogens with zero attached hydrogens (tertiary/aromatic N) is 1. The van der Waals surface area contributed by atoms with Crippen molar-refractivity contribution in [3.8, 4) is 0 Å². The third-order valence-electron chi connectivity index (χ3n) is 5.40. The van der Waals surface area contributed by atoms with Gasteiger partial charge in [0.05, 0.1) is 24.8 Å². The minimum atomic E-state index is -0.714. The maximum Gasteiger partial charge on any atom is 0.240 e. The lowest BCUT2D eigenvalue weighted by Gasteiger charge is -2.37. The highest BCUT2D eigenvalue weighted by molar-refractivity contribution is 6.31. The molecule has 2 aliphatic rings. The predicted octanol–water partition coefficient (Wildman–Crippen LogP) is 3.33. The highest BCUT2D eigenvalue weighted by Gasteiger charge is 2.36. The molecule has 27 heavy (non-hydrogen) atoms. The molecule has 1 aliphatic carbocycles. The zero-order chi connectivity index (χ0) is 17.7. The number of nitrogens with two attached hydrogens (primary N) is 1. The second-order valence-corrected chi connectivity index (χ2v) is 7.52. The van der Waals surface area contributed by atoms with E-state index in [4.69, 9.17) is 22.1 Å². The second kappa shape index (κ2) is 11.4. The normalized spacial score (nSPS) is 20.7. The molecule has 1 aliphatic heterocycles. The van der Waals surface area contributed by atoms with E-state index in [2.05, 4.69) is 10.2 Å². The van der Waals surface area contributed by atoms with Crippen LogP contribution in [0.3, 0.4) is 0 Å². The molecule has 1 saturated heterocycles. The Bertz CT molecular complexity index is 591. The van der Waals surface area contributed by atoms with E-state index >= 15 is 0 Å². The van der Waals surface area contributed by atoms with E-state index in [1.165, 1.54) is 6.42 Å². The van der Waals surface area contributed by atoms with E-state index in [0.717, 1.165) is 49.4 Å². The average molecular weight is 439 g/mol. The predicted molar refractivity (Wildman–Crippen MR) is 114 cm³/mol. The number of hydrogen-bond acceptors (Lipinski definition) is 4. The van der Waals surface area contributed by atoms with Crippen molar-refractivity contribution in [2.75, 3.05) is 32.8 Å². The summed E-state index contributed by atoms with van der Waals surface area (Å²) < 4.78 is 5.47. The monoisotopic (exact) mass is 437 g/mol. The van der Waals surface area contributed by atoms with Crippen LogP contribution in [0.25, 0.3) is 0 Å². The standard InChI is InChI=1S/C19H28ClN3O2.2ClH/c20-16-7-3-2-6-15(16)17(23-10-12-25-13-11-23)14-22-18(24)19(21)8-4-1-5-9-19;;/h2-3,6-7,17H,1,4-5,8-14,21H2,(H,22,24);2*1H. The van der Waals surface area contributed by atoms with Crippen molar-refractivity contribution in [3.05, 3.63) is 34.9 Å². The molecule has 5 nitrogen and oxygen atoms in total. The van der Waals surface area contributed by atoms with Crippen molar-refractivity contribution in [1.29, 1.82) is 0 Å². The molecule has 1 saturated carbocycles. The molecule has 3 rings (SSSR count). The Morgan fingerprint density at radius 1 is 1.19 bits per heavy atom. The number of carbonyl (C=O) groups excluding carboxylic acids is 1. The Morgan fingerprint density at radius 3 is 2.44 bits per heavy atom. The zero-order valence-electron chi connectivity index (χ0n) is 15.5. The molecule has 1 heterocycles. The van der Waals surface area contributed by atoms with Crippen LogP contribution in [0.4, 0.5) is 0 Å². The number of amides is 1. The van der Waals surface area contributed by atoms with E-state index in [1.54, 1.807) is 0 Å². The van der Waals surface area contributed by atoms with E-state index < -0.39 is 5.54 Å². The summed E-state index contributed by atoms with van der Waals surface area (Å²) in [5, 5.41) is 3.84. The van der Waals surface area contributed by atoms with Crippen LogP contribution in [0.5, 0.6) is 0 Å². The fourth-order valence-corrected chi connectivity index (χ4v) is 4.11. The first-order valence-electron chi connectivity index (χ1n) is 9.23. The molecule has 1 unspecified atom stereocenters. The van der Waals surface area contributed by atoms with E-state index in [-0.39, 0.29) is 36.8 Å². The number of ether oxygens (including phenoxy) is 1. The highest BCUT2D eigenvalue weighted by Crippen LogP contribution is 2.29. The summed E-state index contributed by atoms with van der Waals surface area (Å²) in [6.45, 7) is 3.59. The Labute approximate surface area is 179 Å². The van der Waals surface area contributed by atoms with E-state index in [9.17, 15) is 4.79 Å². The van der Waals surface area contributed by atoms with Crippen LogP contribution in [0, 0.1) is 0 Å². The number of morpholine rings is 1. The molecule has 1 atom stereocenters. The molecule has 1 amide bonds. The van der Waals surface area contributed by atoms with Gasteiger partial charge < -0.3 is 15.8 Å². The Balaban J connectivity index is 0.00000182. The van der Waals surface area contributed by atoms with Crippen LogP contribution in [-0.2, 0) is 9.53 Å². The molecule has 1 aromatic rings. The van der Waals surface area contributed by atoms with Gasteiger partial charge in [-0.15, -0.1) is 24.8 Å². The zero-order valence-corrected chi connectivity index (χ0v) is 17.9. The number of nitrogens with one attached hydrogen (secondary N) is 1. The number of benzene rings is 1. The minimum absolute atomic E-state index is 0. The van der Waals surface area contributed by atoms with Gasteiger partial charge >= 0.3 is 0 Å². The first-order valence-corrected chi connectivity index (χ1v) is 9.61. The van der Waals surface area contributed by atoms with Gasteiger partial charge in [0, 0.05) is 24.7 Å². The molecule has 8 heteroatoms. The lowest BCUT2D eigenvalue weighted by atomic mass is 9.82. The summed E-state index contributed by atoms with van der Waals surface area (Å²) in [5.41, 5.74) is 6.69. The van der Waals surface area contributed by atoms with Crippen molar-refractivity contribution >= 4 is 42.3 Å². The van der Waals surface area contributed by atoms with Gasteiger partial charge in [-0.05, 0) is 24.5 Å². The van der Waals surface area contributed by atoms with Gasteiger partial charge in [0.15, 0.2) is 0 Å². The first-order chi connectivity index (χ1) is 12.1. The molecule has 2 fully saturated rings. The van der Waals surface area contributed by atoms with Crippen LogP contribution in [0.2, 0.25) is 5.02 Å². The summed E-state index contributed by atoms with van der Waals surface area (Å²) in [4.78, 5) is 15.0. The van der Waals surface area contributed by atoms with Crippen molar-refractivity contribution in [3.63, 3.8) is 0 Å². The maximum absolute atomic E-state index is 12.7. The van der Waals surface area contributed by atoms with E-state index in [0.29, 0.717) is 19.8 Å². The van der Waals surface area contributed by atoms with Crippen LogP contribution in [0.1, 0.15) is 43.7 Å². The quantitative estimate of drug-likeness (QED) is 0.740. The largest absolute Gasteiger partial charge is 0.379 e. The van der Waals surface area contributed by atoms with Crippen molar-refractivity contribution in [2.45, 2.75) is 43.7 Å². The lowest BCUT2D eigenvalue weighted by Crippen LogP contribution is -2.56. The third-order valence-corrected chi connectivity index (χ3v) is 5.75. The van der Waals surface area contributed by atoms with Crippen molar-refractivity contribution in [2.24, 2.45) is 5.73 Å². The van der Waals surface area contributed by atoms with Crippen molar-refractivity contribution in [1.82, 2.24) is 10.2 Å². The molecule has 0 radical (unpaired) electrons. The maximum atomic E-state index is 12.7. The summed E-state index contributed by atoms with van der Waals surface area (Å²) in [5.74, 6) is -0.0301. The van der Waals surface area contributed by atoms with Gasteiger partial charge in [-0.25, -0.2) is 0 Å².